The number of oxazole rings is 1. The topological polar surface area (TPSA) is 72.2 Å². The van der Waals surface area contributed by atoms with Crippen molar-refractivity contribution in [2.75, 3.05) is 5.32 Å². The molecule has 0 saturated heterocycles. The fourth-order valence-electron chi connectivity index (χ4n) is 2.36. The molecule has 0 aliphatic carbocycles. The highest BCUT2D eigenvalue weighted by Gasteiger charge is 2.21. The van der Waals surface area contributed by atoms with Gasteiger partial charge >= 0.3 is 0 Å². The van der Waals surface area contributed by atoms with Crippen LogP contribution in [0.3, 0.4) is 0 Å². The van der Waals surface area contributed by atoms with Crippen LogP contribution in [-0.2, 0) is 4.79 Å². The fourth-order valence-corrected chi connectivity index (χ4v) is 3.22. The van der Waals surface area contributed by atoms with Crippen LogP contribution in [-0.4, -0.2) is 21.9 Å². The number of para-hydroxylation sites is 2. The predicted octanol–water partition coefficient (Wildman–Crippen LogP) is 4.54. The van der Waals surface area contributed by atoms with Gasteiger partial charge in [-0.05, 0) is 49.7 Å². The van der Waals surface area contributed by atoms with Gasteiger partial charge in [-0.15, -0.1) is 0 Å². The fraction of sp³-hybridized carbons (Fsp3) is 0.211. The molecular weight excluding hydrogens is 336 g/mol. The predicted molar refractivity (Wildman–Crippen MR) is 99.0 cm³/mol. The first kappa shape index (κ1) is 17.2. The molecule has 3 rings (SSSR count). The summed E-state index contributed by atoms with van der Waals surface area (Å²) in [5, 5.41) is 3.04. The molecule has 3 aromatic rings. The standard InChI is InChI=1S/C19H18N2O3S/c1-3-17(25-19-21-15-6-4-5-7-16(15)24-19)18(23)20-14-10-8-13(9-11-14)12(2)22/h4-11,17H,3H2,1-2H3,(H,20,23). The van der Waals surface area contributed by atoms with Gasteiger partial charge in [-0.2, -0.15) is 0 Å². The van der Waals surface area contributed by atoms with Crippen molar-refractivity contribution in [2.24, 2.45) is 0 Å². The summed E-state index contributed by atoms with van der Waals surface area (Å²) < 4.78 is 5.68. The summed E-state index contributed by atoms with van der Waals surface area (Å²) >= 11 is 1.31. The Morgan fingerprint density at radius 1 is 1.16 bits per heavy atom. The second-order valence-corrected chi connectivity index (χ2v) is 6.74. The maximum Gasteiger partial charge on any atom is 0.257 e. The molecule has 1 heterocycles. The zero-order valence-corrected chi connectivity index (χ0v) is 14.8. The van der Waals surface area contributed by atoms with Crippen molar-refractivity contribution >= 4 is 40.2 Å². The molecule has 5 nitrogen and oxygen atoms in total. The van der Waals surface area contributed by atoms with Crippen molar-refractivity contribution < 1.29 is 14.0 Å². The molecule has 1 aromatic heterocycles. The molecule has 1 N–H and O–H groups in total. The van der Waals surface area contributed by atoms with Crippen molar-refractivity contribution in [1.29, 1.82) is 0 Å². The second kappa shape index (κ2) is 7.53. The van der Waals surface area contributed by atoms with Gasteiger partial charge in [0.15, 0.2) is 11.4 Å². The van der Waals surface area contributed by atoms with E-state index in [1.54, 1.807) is 24.3 Å². The Labute approximate surface area is 149 Å². The molecule has 0 saturated carbocycles. The smallest absolute Gasteiger partial charge is 0.257 e. The van der Waals surface area contributed by atoms with Gasteiger partial charge in [-0.3, -0.25) is 9.59 Å². The Morgan fingerprint density at radius 3 is 2.52 bits per heavy atom. The monoisotopic (exact) mass is 354 g/mol. The molecule has 1 unspecified atom stereocenters. The number of nitrogens with one attached hydrogen (secondary N) is 1. The highest BCUT2D eigenvalue weighted by Crippen LogP contribution is 2.29. The highest BCUT2D eigenvalue weighted by molar-refractivity contribution is 8.00. The number of Topliss-reactive ketones (excluding diaryl/α,β-unsaturated/α-hetero) is 1. The maximum atomic E-state index is 12.5. The zero-order valence-electron chi connectivity index (χ0n) is 14.0. The molecule has 0 spiro atoms. The van der Waals surface area contributed by atoms with Crippen molar-refractivity contribution in [3.63, 3.8) is 0 Å². The van der Waals surface area contributed by atoms with Crippen LogP contribution in [0.2, 0.25) is 0 Å². The summed E-state index contributed by atoms with van der Waals surface area (Å²) in [6.07, 6.45) is 0.640. The Kier molecular flexibility index (Phi) is 5.19. The number of fused-ring (bicyclic) bond motifs is 1. The van der Waals surface area contributed by atoms with E-state index in [1.807, 2.05) is 31.2 Å². The van der Waals surface area contributed by atoms with E-state index >= 15 is 0 Å². The van der Waals surface area contributed by atoms with E-state index in [2.05, 4.69) is 10.3 Å². The number of ketones is 1. The maximum absolute atomic E-state index is 12.5. The van der Waals surface area contributed by atoms with Crippen LogP contribution >= 0.6 is 11.8 Å². The number of nitrogens with zero attached hydrogens (tertiary/aromatic N) is 1. The Morgan fingerprint density at radius 2 is 1.88 bits per heavy atom. The summed E-state index contributed by atoms with van der Waals surface area (Å²) in [6.45, 7) is 3.45. The van der Waals surface area contributed by atoms with Gasteiger partial charge in [-0.25, -0.2) is 4.98 Å². The third-order valence-corrected chi connectivity index (χ3v) is 4.95. The number of hydrogen-bond donors (Lipinski definition) is 1. The molecule has 0 fully saturated rings. The molecule has 1 amide bonds. The number of hydrogen-bond acceptors (Lipinski definition) is 5. The van der Waals surface area contributed by atoms with E-state index in [0.717, 1.165) is 5.52 Å². The number of thioether (sulfide) groups is 1. The first-order valence-electron chi connectivity index (χ1n) is 8.01. The third kappa shape index (κ3) is 4.09. The van der Waals surface area contributed by atoms with E-state index in [4.69, 9.17) is 4.42 Å². The molecule has 0 aliphatic heterocycles. The Balaban J connectivity index is 1.69. The molecule has 0 aliphatic rings. The first-order chi connectivity index (χ1) is 12.1. The molecule has 128 valence electrons. The molecule has 0 radical (unpaired) electrons. The molecule has 25 heavy (non-hydrogen) atoms. The zero-order chi connectivity index (χ0) is 17.8. The van der Waals surface area contributed by atoms with Gasteiger partial charge in [0, 0.05) is 11.3 Å². The summed E-state index contributed by atoms with van der Waals surface area (Å²) in [7, 11) is 0. The van der Waals surface area contributed by atoms with Crippen molar-refractivity contribution in [3.8, 4) is 0 Å². The minimum Gasteiger partial charge on any atom is -0.431 e. The number of carbonyl (C=O) groups excluding carboxylic acids is 2. The SMILES string of the molecule is CCC(Sc1nc2ccccc2o1)C(=O)Nc1ccc(C(C)=O)cc1. The molecular formula is C19H18N2O3S. The van der Waals surface area contributed by atoms with E-state index in [9.17, 15) is 9.59 Å². The van der Waals surface area contributed by atoms with Gasteiger partial charge in [0.2, 0.25) is 5.91 Å². The van der Waals surface area contributed by atoms with Crippen LogP contribution in [0.25, 0.3) is 11.1 Å². The van der Waals surface area contributed by atoms with Crippen molar-refractivity contribution in [3.05, 3.63) is 54.1 Å². The van der Waals surface area contributed by atoms with Crippen molar-refractivity contribution in [2.45, 2.75) is 30.7 Å². The number of carbonyl (C=O) groups is 2. The van der Waals surface area contributed by atoms with Crippen LogP contribution in [0.1, 0.15) is 30.6 Å². The summed E-state index contributed by atoms with van der Waals surface area (Å²) in [5.74, 6) is -0.124. The first-order valence-corrected chi connectivity index (χ1v) is 8.89. The lowest BCUT2D eigenvalue weighted by Crippen LogP contribution is -2.24. The van der Waals surface area contributed by atoms with Crippen molar-refractivity contribution in [1.82, 2.24) is 4.98 Å². The lowest BCUT2D eigenvalue weighted by atomic mass is 10.1. The second-order valence-electron chi connectivity index (χ2n) is 5.59. The van der Waals surface area contributed by atoms with Crippen LogP contribution in [0, 0.1) is 0 Å². The van der Waals surface area contributed by atoms with E-state index in [-0.39, 0.29) is 16.9 Å². The number of amides is 1. The number of anilines is 1. The van der Waals surface area contributed by atoms with Gasteiger partial charge in [0.05, 0.1) is 5.25 Å². The van der Waals surface area contributed by atoms with Crippen LogP contribution < -0.4 is 5.32 Å². The van der Waals surface area contributed by atoms with Crippen LogP contribution in [0.4, 0.5) is 5.69 Å². The van der Waals surface area contributed by atoms with E-state index in [0.29, 0.717) is 28.5 Å². The molecule has 2 aromatic carbocycles. The van der Waals surface area contributed by atoms with Gasteiger partial charge in [0.25, 0.3) is 5.22 Å². The molecule has 0 bridgehead atoms. The van der Waals surface area contributed by atoms with Gasteiger partial charge < -0.3 is 9.73 Å². The largest absolute Gasteiger partial charge is 0.431 e. The number of benzene rings is 2. The lowest BCUT2D eigenvalue weighted by molar-refractivity contribution is -0.115. The van der Waals surface area contributed by atoms with Crippen LogP contribution in [0.5, 0.6) is 0 Å². The number of aromatic nitrogens is 1. The third-order valence-electron chi connectivity index (χ3n) is 3.74. The Bertz CT molecular complexity index is 869. The van der Waals surface area contributed by atoms with E-state index < -0.39 is 0 Å². The normalized spacial score (nSPS) is 12.1. The average Bonchev–Trinajstić information content (AvgIpc) is 3.02. The average molecular weight is 354 g/mol. The minimum atomic E-state index is -0.319. The Hall–Kier alpha value is -2.60. The molecule has 6 heteroatoms. The van der Waals surface area contributed by atoms with Gasteiger partial charge in [-0.1, -0.05) is 30.8 Å². The van der Waals surface area contributed by atoms with E-state index in [1.165, 1.54) is 18.7 Å². The summed E-state index contributed by atoms with van der Waals surface area (Å²) in [5.41, 5.74) is 2.76. The van der Waals surface area contributed by atoms with Crippen LogP contribution in [0.15, 0.2) is 58.2 Å². The summed E-state index contributed by atoms with van der Waals surface area (Å²) in [4.78, 5) is 28.2. The molecule has 1 atom stereocenters. The van der Waals surface area contributed by atoms with Gasteiger partial charge in [0.1, 0.15) is 5.52 Å². The summed E-state index contributed by atoms with van der Waals surface area (Å²) in [6, 6.07) is 14.4. The lowest BCUT2D eigenvalue weighted by Gasteiger charge is -2.13. The minimum absolute atomic E-state index is 0.00386. The number of rotatable bonds is 6. The highest BCUT2D eigenvalue weighted by atomic mass is 32.2. The quantitative estimate of drug-likeness (QED) is 0.520.